The molecule has 0 aliphatic heterocycles. The minimum absolute atomic E-state index is 1.13. The molecule has 116 valence electrons. The van der Waals surface area contributed by atoms with E-state index < -0.39 is 0 Å². The van der Waals surface area contributed by atoms with E-state index in [9.17, 15) is 0 Å². The Hall–Kier alpha value is -1.16. The standard InChI is InChI=1S/C20H16Br2S/c1-13-3-4-14(2)17(11-13)18-12-15(6-9-19(18)21)5-7-16-8-10-20(22)23-16/h3-12H,1-2H3/b7-5+. The van der Waals surface area contributed by atoms with Gasteiger partial charge in [-0.3, -0.25) is 0 Å². The largest absolute Gasteiger partial charge is 0.129 e. The molecule has 0 aliphatic rings. The van der Waals surface area contributed by atoms with Gasteiger partial charge in [0, 0.05) is 9.35 Å². The third-order valence-corrected chi connectivity index (χ3v) is 5.99. The highest BCUT2D eigenvalue weighted by Gasteiger charge is 2.07. The van der Waals surface area contributed by atoms with E-state index in [0.717, 1.165) is 8.26 Å². The average Bonchev–Trinajstić information content (AvgIpc) is 2.95. The number of hydrogen-bond donors (Lipinski definition) is 0. The van der Waals surface area contributed by atoms with Crippen LogP contribution in [0.25, 0.3) is 23.3 Å². The highest BCUT2D eigenvalue weighted by molar-refractivity contribution is 9.11. The van der Waals surface area contributed by atoms with Crippen LogP contribution in [0.4, 0.5) is 0 Å². The Morgan fingerprint density at radius 3 is 2.39 bits per heavy atom. The molecule has 0 amide bonds. The molecular weight excluding hydrogens is 432 g/mol. The summed E-state index contributed by atoms with van der Waals surface area (Å²) in [6.45, 7) is 4.29. The minimum Gasteiger partial charge on any atom is -0.129 e. The third kappa shape index (κ3) is 4.03. The van der Waals surface area contributed by atoms with Crippen LogP contribution < -0.4 is 0 Å². The fourth-order valence-corrected chi connectivity index (χ4v) is 4.26. The highest BCUT2D eigenvalue weighted by Crippen LogP contribution is 2.33. The van der Waals surface area contributed by atoms with Gasteiger partial charge in [0.15, 0.2) is 0 Å². The summed E-state index contributed by atoms with van der Waals surface area (Å²) < 4.78 is 2.28. The number of benzene rings is 2. The van der Waals surface area contributed by atoms with Crippen LogP contribution in [0.5, 0.6) is 0 Å². The zero-order valence-corrected chi connectivity index (χ0v) is 16.9. The molecule has 0 aliphatic carbocycles. The van der Waals surface area contributed by atoms with Crippen LogP contribution >= 0.6 is 43.2 Å². The van der Waals surface area contributed by atoms with Crippen LogP contribution in [0, 0.1) is 13.8 Å². The summed E-state index contributed by atoms with van der Waals surface area (Å²) in [5.74, 6) is 0. The predicted octanol–water partition coefficient (Wildman–Crippen LogP) is 7.73. The number of halogens is 2. The lowest BCUT2D eigenvalue weighted by molar-refractivity contribution is 1.39. The first-order valence-corrected chi connectivity index (χ1v) is 9.74. The summed E-state index contributed by atoms with van der Waals surface area (Å²) in [4.78, 5) is 1.24. The molecule has 3 heteroatoms. The Labute approximate surface area is 158 Å². The molecule has 23 heavy (non-hydrogen) atoms. The van der Waals surface area contributed by atoms with Gasteiger partial charge in [0.25, 0.3) is 0 Å². The van der Waals surface area contributed by atoms with Crippen LogP contribution in [-0.4, -0.2) is 0 Å². The second-order valence-electron chi connectivity index (χ2n) is 5.53. The van der Waals surface area contributed by atoms with Gasteiger partial charge >= 0.3 is 0 Å². The molecule has 3 rings (SSSR count). The first kappa shape index (κ1) is 16.7. The lowest BCUT2D eigenvalue weighted by atomic mass is 9.97. The van der Waals surface area contributed by atoms with Crippen molar-refractivity contribution in [2.45, 2.75) is 13.8 Å². The maximum absolute atomic E-state index is 3.70. The van der Waals surface area contributed by atoms with Crippen LogP contribution in [0.3, 0.4) is 0 Å². The second kappa shape index (κ2) is 7.16. The summed E-state index contributed by atoms with van der Waals surface area (Å²) in [6, 6.07) is 17.3. The maximum Gasteiger partial charge on any atom is 0.0704 e. The van der Waals surface area contributed by atoms with Crippen LogP contribution in [0.15, 0.2) is 56.8 Å². The molecule has 0 N–H and O–H groups in total. The van der Waals surface area contributed by atoms with Crippen LogP contribution in [0.1, 0.15) is 21.6 Å². The normalized spacial score (nSPS) is 11.3. The molecule has 0 nitrogen and oxygen atoms in total. The second-order valence-corrected chi connectivity index (χ2v) is 8.88. The van der Waals surface area contributed by atoms with E-state index in [1.165, 1.54) is 32.7 Å². The molecule has 0 radical (unpaired) electrons. The Morgan fingerprint density at radius 1 is 0.826 bits per heavy atom. The van der Waals surface area contributed by atoms with E-state index in [2.05, 4.69) is 106 Å². The van der Waals surface area contributed by atoms with E-state index in [1.807, 2.05) is 0 Å². The monoisotopic (exact) mass is 446 g/mol. The Morgan fingerprint density at radius 2 is 1.65 bits per heavy atom. The van der Waals surface area contributed by atoms with Gasteiger partial charge in [0.2, 0.25) is 0 Å². The summed E-state index contributed by atoms with van der Waals surface area (Å²) >= 11 is 8.94. The van der Waals surface area contributed by atoms with Crippen LogP contribution in [-0.2, 0) is 0 Å². The first-order chi connectivity index (χ1) is 11.0. The van der Waals surface area contributed by atoms with E-state index in [-0.39, 0.29) is 0 Å². The zero-order chi connectivity index (χ0) is 16.4. The van der Waals surface area contributed by atoms with Crippen molar-refractivity contribution in [2.24, 2.45) is 0 Å². The molecule has 0 spiro atoms. The molecule has 0 saturated heterocycles. The van der Waals surface area contributed by atoms with Gasteiger partial charge < -0.3 is 0 Å². The van der Waals surface area contributed by atoms with Crippen molar-refractivity contribution in [3.8, 4) is 11.1 Å². The van der Waals surface area contributed by atoms with Crippen molar-refractivity contribution in [3.63, 3.8) is 0 Å². The summed E-state index contributed by atoms with van der Waals surface area (Å²) in [5.41, 5.74) is 6.29. The van der Waals surface area contributed by atoms with Crippen molar-refractivity contribution >= 4 is 55.3 Å². The minimum atomic E-state index is 1.13. The topological polar surface area (TPSA) is 0 Å². The van der Waals surface area contributed by atoms with Gasteiger partial charge in [0.05, 0.1) is 3.79 Å². The van der Waals surface area contributed by atoms with E-state index in [4.69, 9.17) is 0 Å². The van der Waals surface area contributed by atoms with Crippen molar-refractivity contribution < 1.29 is 0 Å². The molecule has 0 saturated carbocycles. The van der Waals surface area contributed by atoms with Gasteiger partial charge in [-0.1, -0.05) is 51.8 Å². The van der Waals surface area contributed by atoms with Gasteiger partial charge in [-0.25, -0.2) is 0 Å². The molecule has 0 unspecified atom stereocenters. The Bertz CT molecular complexity index is 875. The number of rotatable bonds is 3. The first-order valence-electron chi connectivity index (χ1n) is 7.33. The molecule has 0 fully saturated rings. The summed E-state index contributed by atoms with van der Waals surface area (Å²) in [6.07, 6.45) is 4.32. The maximum atomic E-state index is 3.70. The molecule has 1 aromatic heterocycles. The van der Waals surface area contributed by atoms with E-state index >= 15 is 0 Å². The Balaban J connectivity index is 1.99. The zero-order valence-electron chi connectivity index (χ0n) is 12.9. The number of thiophene rings is 1. The predicted molar refractivity (Wildman–Crippen MR) is 110 cm³/mol. The molecular formula is C20H16Br2S. The average molecular weight is 448 g/mol. The van der Waals surface area contributed by atoms with Gasteiger partial charge in [-0.05, 0) is 82.4 Å². The molecule has 0 atom stereocenters. The highest BCUT2D eigenvalue weighted by atomic mass is 79.9. The summed E-state index contributed by atoms with van der Waals surface area (Å²) in [5, 5.41) is 0. The fraction of sp³-hybridized carbons (Fsp3) is 0.100. The fourth-order valence-electron chi connectivity index (χ4n) is 2.48. The third-order valence-electron chi connectivity index (χ3n) is 3.71. The van der Waals surface area contributed by atoms with Crippen LogP contribution in [0.2, 0.25) is 0 Å². The lowest BCUT2D eigenvalue weighted by Gasteiger charge is -2.10. The number of hydrogen-bond acceptors (Lipinski definition) is 1. The summed E-state index contributed by atoms with van der Waals surface area (Å²) in [7, 11) is 0. The molecule has 2 aromatic carbocycles. The molecule has 3 aromatic rings. The smallest absolute Gasteiger partial charge is 0.0704 e. The quantitative estimate of drug-likeness (QED) is 0.385. The van der Waals surface area contributed by atoms with E-state index in [1.54, 1.807) is 11.3 Å². The van der Waals surface area contributed by atoms with E-state index in [0.29, 0.717) is 0 Å². The van der Waals surface area contributed by atoms with Gasteiger partial charge in [-0.15, -0.1) is 11.3 Å². The van der Waals surface area contributed by atoms with Crippen molar-refractivity contribution in [1.29, 1.82) is 0 Å². The molecule has 1 heterocycles. The SMILES string of the molecule is Cc1ccc(C)c(-c2cc(/C=C/c3ccc(Br)s3)ccc2Br)c1. The van der Waals surface area contributed by atoms with Gasteiger partial charge in [-0.2, -0.15) is 0 Å². The van der Waals surface area contributed by atoms with Crippen molar-refractivity contribution in [3.05, 3.63) is 78.4 Å². The lowest BCUT2D eigenvalue weighted by Crippen LogP contribution is -1.87. The van der Waals surface area contributed by atoms with Crippen molar-refractivity contribution in [1.82, 2.24) is 0 Å². The Kier molecular flexibility index (Phi) is 5.20. The van der Waals surface area contributed by atoms with Crippen molar-refractivity contribution in [2.75, 3.05) is 0 Å². The molecule has 0 bridgehead atoms. The number of aryl methyl sites for hydroxylation is 2. The van der Waals surface area contributed by atoms with Gasteiger partial charge in [0.1, 0.15) is 0 Å².